The monoisotopic (exact) mass is 287 g/mol. The van der Waals surface area contributed by atoms with E-state index in [-0.39, 0.29) is 6.54 Å². The van der Waals surface area contributed by atoms with E-state index in [2.05, 4.69) is 12.2 Å². The fraction of sp³-hybridized carbons (Fsp3) is 0.938. The molecule has 4 heteroatoms. The van der Waals surface area contributed by atoms with E-state index in [9.17, 15) is 9.90 Å². The van der Waals surface area contributed by atoms with E-state index in [1.807, 2.05) is 0 Å². The lowest BCUT2D eigenvalue weighted by Gasteiger charge is -2.10. The highest BCUT2D eigenvalue weighted by atomic mass is 16.4. The molecular weight excluding hydrogens is 254 g/mol. The normalized spacial score (nSPS) is 12.5. The second-order valence-corrected chi connectivity index (χ2v) is 5.61. The van der Waals surface area contributed by atoms with Crippen molar-refractivity contribution >= 4 is 5.97 Å². The van der Waals surface area contributed by atoms with Crippen LogP contribution in [0.1, 0.15) is 84.0 Å². The molecule has 0 rings (SSSR count). The van der Waals surface area contributed by atoms with Crippen molar-refractivity contribution in [2.24, 2.45) is 0 Å². The number of carboxylic acids is 1. The lowest BCUT2D eigenvalue weighted by atomic mass is 10.1. The minimum Gasteiger partial charge on any atom is -0.480 e. The lowest BCUT2D eigenvalue weighted by molar-refractivity contribution is -0.136. The summed E-state index contributed by atoms with van der Waals surface area (Å²) in [6.45, 7) is 2.08. The van der Waals surface area contributed by atoms with Crippen LogP contribution in [0.5, 0.6) is 0 Å². The number of carbonyl (C=O) groups is 1. The predicted molar refractivity (Wildman–Crippen MR) is 82.7 cm³/mol. The van der Waals surface area contributed by atoms with Crippen molar-refractivity contribution in [1.82, 2.24) is 5.32 Å². The zero-order valence-corrected chi connectivity index (χ0v) is 13.1. The topological polar surface area (TPSA) is 69.6 Å². The van der Waals surface area contributed by atoms with Gasteiger partial charge in [0, 0.05) is 0 Å². The van der Waals surface area contributed by atoms with Crippen LogP contribution >= 0.6 is 0 Å². The van der Waals surface area contributed by atoms with Crippen molar-refractivity contribution in [2.75, 3.05) is 6.54 Å². The molecule has 0 aromatic rings. The highest BCUT2D eigenvalue weighted by molar-refractivity contribution is 5.68. The fourth-order valence-electron chi connectivity index (χ4n) is 2.31. The first-order valence-corrected chi connectivity index (χ1v) is 8.30. The Morgan fingerprint density at radius 3 is 1.80 bits per heavy atom. The molecule has 0 aliphatic carbocycles. The molecule has 0 radical (unpaired) electrons. The van der Waals surface area contributed by atoms with Crippen LogP contribution in [0.4, 0.5) is 0 Å². The van der Waals surface area contributed by atoms with Crippen molar-refractivity contribution in [3.63, 3.8) is 0 Å². The van der Waals surface area contributed by atoms with Gasteiger partial charge in [0.05, 0.1) is 6.54 Å². The van der Waals surface area contributed by atoms with Gasteiger partial charge in [-0.15, -0.1) is 0 Å². The molecule has 1 unspecified atom stereocenters. The summed E-state index contributed by atoms with van der Waals surface area (Å²) in [7, 11) is 0. The highest BCUT2D eigenvalue weighted by Crippen LogP contribution is 2.12. The maximum Gasteiger partial charge on any atom is 0.317 e. The Hall–Kier alpha value is -0.610. The SMILES string of the molecule is CCCCCCCCCCCCCC(O)NCC(=O)O. The quantitative estimate of drug-likeness (QED) is 0.317. The second kappa shape index (κ2) is 14.8. The number of unbranched alkanes of at least 4 members (excludes halogenated alkanes) is 10. The summed E-state index contributed by atoms with van der Waals surface area (Å²) in [6.07, 6.45) is 14.1. The van der Waals surface area contributed by atoms with Gasteiger partial charge in [-0.05, 0) is 12.8 Å². The van der Waals surface area contributed by atoms with E-state index in [4.69, 9.17) is 5.11 Å². The Balaban J connectivity index is 3.10. The molecule has 1 atom stereocenters. The summed E-state index contributed by atoms with van der Waals surface area (Å²) in [5.41, 5.74) is 0. The van der Waals surface area contributed by atoms with Gasteiger partial charge >= 0.3 is 5.97 Å². The number of hydrogen-bond donors (Lipinski definition) is 3. The fourth-order valence-corrected chi connectivity index (χ4v) is 2.31. The Labute approximate surface area is 124 Å². The van der Waals surface area contributed by atoms with Gasteiger partial charge < -0.3 is 10.2 Å². The van der Waals surface area contributed by atoms with Crippen LogP contribution in [0.2, 0.25) is 0 Å². The predicted octanol–water partition coefficient (Wildman–Crippen LogP) is 3.68. The molecule has 0 saturated heterocycles. The van der Waals surface area contributed by atoms with Gasteiger partial charge in [0.15, 0.2) is 0 Å². The third kappa shape index (κ3) is 15.4. The van der Waals surface area contributed by atoms with E-state index >= 15 is 0 Å². The van der Waals surface area contributed by atoms with E-state index in [1.54, 1.807) is 0 Å². The summed E-state index contributed by atoms with van der Waals surface area (Å²) in [4.78, 5) is 10.3. The maximum atomic E-state index is 10.3. The van der Waals surface area contributed by atoms with Gasteiger partial charge in [0.2, 0.25) is 0 Å². The second-order valence-electron chi connectivity index (χ2n) is 5.61. The lowest BCUT2D eigenvalue weighted by Crippen LogP contribution is -2.33. The largest absolute Gasteiger partial charge is 0.480 e. The molecule has 4 nitrogen and oxygen atoms in total. The van der Waals surface area contributed by atoms with Crippen LogP contribution < -0.4 is 5.32 Å². The Morgan fingerprint density at radius 2 is 1.35 bits per heavy atom. The first kappa shape index (κ1) is 19.4. The molecule has 20 heavy (non-hydrogen) atoms. The molecule has 0 aromatic carbocycles. The van der Waals surface area contributed by atoms with Crippen molar-refractivity contribution in [3.05, 3.63) is 0 Å². The van der Waals surface area contributed by atoms with Gasteiger partial charge in [-0.25, -0.2) is 0 Å². The summed E-state index contributed by atoms with van der Waals surface area (Å²) >= 11 is 0. The highest BCUT2D eigenvalue weighted by Gasteiger charge is 2.04. The Morgan fingerprint density at radius 1 is 0.900 bits per heavy atom. The van der Waals surface area contributed by atoms with Gasteiger partial charge in [-0.1, -0.05) is 71.1 Å². The molecule has 0 saturated carbocycles. The van der Waals surface area contributed by atoms with E-state index in [0.717, 1.165) is 12.8 Å². The molecule has 0 fully saturated rings. The van der Waals surface area contributed by atoms with E-state index < -0.39 is 12.2 Å². The standard InChI is InChI=1S/C16H33NO3/c1-2-3-4-5-6-7-8-9-10-11-12-13-15(18)17-14-16(19)20/h15,17-18H,2-14H2,1H3,(H,19,20). The van der Waals surface area contributed by atoms with Crippen molar-refractivity contribution in [2.45, 2.75) is 90.2 Å². The van der Waals surface area contributed by atoms with Crippen molar-refractivity contribution in [1.29, 1.82) is 0 Å². The molecule has 0 aliphatic rings. The van der Waals surface area contributed by atoms with Crippen LogP contribution in [-0.2, 0) is 4.79 Å². The van der Waals surface area contributed by atoms with Gasteiger partial charge in [-0.3, -0.25) is 10.1 Å². The average Bonchev–Trinajstić information content (AvgIpc) is 2.42. The molecule has 0 bridgehead atoms. The average molecular weight is 287 g/mol. The Bertz CT molecular complexity index is 222. The maximum absolute atomic E-state index is 10.3. The van der Waals surface area contributed by atoms with Crippen LogP contribution in [-0.4, -0.2) is 29.0 Å². The molecule has 0 aromatic heterocycles. The van der Waals surface area contributed by atoms with Crippen LogP contribution in [0, 0.1) is 0 Å². The number of rotatable bonds is 15. The summed E-state index contributed by atoms with van der Waals surface area (Å²) in [5.74, 6) is -0.928. The number of aliphatic carboxylic acids is 1. The van der Waals surface area contributed by atoms with Crippen molar-refractivity contribution < 1.29 is 15.0 Å². The summed E-state index contributed by atoms with van der Waals surface area (Å²) < 4.78 is 0. The Kier molecular flexibility index (Phi) is 14.3. The summed E-state index contributed by atoms with van der Waals surface area (Å²) in [6, 6.07) is 0. The van der Waals surface area contributed by atoms with Gasteiger partial charge in [0.25, 0.3) is 0 Å². The van der Waals surface area contributed by atoms with Gasteiger partial charge in [-0.2, -0.15) is 0 Å². The van der Waals surface area contributed by atoms with Crippen molar-refractivity contribution in [3.8, 4) is 0 Å². The van der Waals surface area contributed by atoms with Crippen LogP contribution in [0.15, 0.2) is 0 Å². The molecule has 3 N–H and O–H groups in total. The minimum absolute atomic E-state index is 0.167. The third-order valence-electron chi connectivity index (χ3n) is 3.57. The van der Waals surface area contributed by atoms with E-state index in [1.165, 1.54) is 57.8 Å². The molecule has 120 valence electrons. The third-order valence-corrected chi connectivity index (χ3v) is 3.57. The van der Waals surface area contributed by atoms with Crippen LogP contribution in [0.3, 0.4) is 0 Å². The number of hydrogen-bond acceptors (Lipinski definition) is 3. The zero-order chi connectivity index (χ0) is 15.1. The molecular formula is C16H33NO3. The number of aliphatic hydroxyl groups excluding tert-OH is 1. The molecule has 0 aliphatic heterocycles. The zero-order valence-electron chi connectivity index (χ0n) is 13.1. The van der Waals surface area contributed by atoms with Gasteiger partial charge in [0.1, 0.15) is 6.23 Å². The number of nitrogens with one attached hydrogen (secondary N) is 1. The molecule has 0 spiro atoms. The number of aliphatic hydroxyl groups is 1. The summed E-state index contributed by atoms with van der Waals surface area (Å²) in [5, 5.41) is 20.5. The van der Waals surface area contributed by atoms with E-state index in [0.29, 0.717) is 6.42 Å². The molecule has 0 heterocycles. The minimum atomic E-state index is -0.928. The first-order valence-electron chi connectivity index (χ1n) is 8.30. The molecule has 0 amide bonds. The van der Waals surface area contributed by atoms with Crippen LogP contribution in [0.25, 0.3) is 0 Å². The number of carboxylic acid groups (broad SMARTS) is 1. The smallest absolute Gasteiger partial charge is 0.317 e. The first-order chi connectivity index (χ1) is 9.66.